The second-order valence-corrected chi connectivity index (χ2v) is 6.87. The number of rotatable bonds is 3. The van der Waals surface area contributed by atoms with Gasteiger partial charge in [0.2, 0.25) is 20.0 Å². The van der Waals surface area contributed by atoms with E-state index in [9.17, 15) is 16.8 Å². The maximum absolute atomic E-state index is 11.3. The van der Waals surface area contributed by atoms with Crippen LogP contribution in [0.1, 0.15) is 0 Å². The van der Waals surface area contributed by atoms with Crippen molar-refractivity contribution in [2.24, 2.45) is 0 Å². The van der Waals surface area contributed by atoms with Gasteiger partial charge in [-0.2, -0.15) is 3.71 Å². The first kappa shape index (κ1) is 12.0. The summed E-state index contributed by atoms with van der Waals surface area (Å²) < 4.78 is 45.6. The Hall–Kier alpha value is -1.08. The third-order valence-corrected chi connectivity index (χ3v) is 4.77. The lowest BCUT2D eigenvalue weighted by Crippen LogP contribution is -2.35. The molecule has 1 radical (unpaired) electrons. The molecule has 0 fully saturated rings. The summed E-state index contributed by atoms with van der Waals surface area (Å²) in [5, 5.41) is 0. The first-order valence-corrected chi connectivity index (χ1v) is 7.59. The zero-order valence-electron chi connectivity index (χ0n) is 8.21. The Labute approximate surface area is 89.4 Å². The zero-order valence-corrected chi connectivity index (χ0v) is 9.84. The molecular formula is C8H10NO4S2. The van der Waals surface area contributed by atoms with E-state index in [1.807, 2.05) is 0 Å². The van der Waals surface area contributed by atoms with Crippen molar-refractivity contribution in [2.45, 2.75) is 0 Å². The van der Waals surface area contributed by atoms with Gasteiger partial charge in [0, 0.05) is 0 Å². The molecule has 0 aliphatic heterocycles. The Kier molecular flexibility index (Phi) is 3.05. The average Bonchev–Trinajstić information content (AvgIpc) is 2.00. The van der Waals surface area contributed by atoms with Crippen molar-refractivity contribution in [3.8, 4) is 0 Å². The summed E-state index contributed by atoms with van der Waals surface area (Å²) in [4.78, 5) is 0. The fraction of sp³-hybridized carbons (Fsp3) is 0.250. The van der Waals surface area contributed by atoms with E-state index in [2.05, 4.69) is 6.07 Å². The van der Waals surface area contributed by atoms with E-state index in [1.54, 1.807) is 0 Å². The molecule has 7 heteroatoms. The molecule has 0 aromatic heterocycles. The van der Waals surface area contributed by atoms with Gasteiger partial charge in [0.25, 0.3) is 0 Å². The quantitative estimate of drug-likeness (QED) is 0.766. The smallest absolute Gasteiger partial charge is 0.206 e. The van der Waals surface area contributed by atoms with Crippen LogP contribution in [0, 0.1) is 6.07 Å². The third-order valence-electron chi connectivity index (χ3n) is 1.51. The summed E-state index contributed by atoms with van der Waals surface area (Å²) in [7, 11) is -7.69. The lowest BCUT2D eigenvalue weighted by atomic mass is 10.3. The molecule has 0 unspecified atom stereocenters. The van der Waals surface area contributed by atoms with Gasteiger partial charge < -0.3 is 0 Å². The van der Waals surface area contributed by atoms with Crippen LogP contribution >= 0.6 is 0 Å². The van der Waals surface area contributed by atoms with Gasteiger partial charge in [-0.3, -0.25) is 0 Å². The van der Waals surface area contributed by atoms with Crippen LogP contribution in [-0.4, -0.2) is 29.3 Å². The third kappa shape index (κ3) is 2.93. The maximum atomic E-state index is 11.3. The second kappa shape index (κ2) is 3.82. The lowest BCUT2D eigenvalue weighted by molar-refractivity contribution is 0.591. The molecule has 15 heavy (non-hydrogen) atoms. The number of anilines is 1. The lowest BCUT2D eigenvalue weighted by Gasteiger charge is -2.19. The van der Waals surface area contributed by atoms with Crippen molar-refractivity contribution in [1.82, 2.24) is 0 Å². The minimum Gasteiger partial charge on any atom is -0.206 e. The van der Waals surface area contributed by atoms with Crippen LogP contribution in [0.2, 0.25) is 0 Å². The fourth-order valence-electron chi connectivity index (χ4n) is 1.13. The molecule has 0 saturated carbocycles. The Balaban J connectivity index is 3.41. The topological polar surface area (TPSA) is 71.5 Å². The molecule has 5 nitrogen and oxygen atoms in total. The molecule has 1 aromatic carbocycles. The second-order valence-electron chi connectivity index (χ2n) is 2.98. The van der Waals surface area contributed by atoms with Crippen molar-refractivity contribution in [3.63, 3.8) is 0 Å². The highest BCUT2D eigenvalue weighted by atomic mass is 32.3. The highest BCUT2D eigenvalue weighted by molar-refractivity contribution is 8.09. The van der Waals surface area contributed by atoms with Crippen molar-refractivity contribution >= 4 is 25.7 Å². The number of hydrogen-bond donors (Lipinski definition) is 0. The van der Waals surface area contributed by atoms with E-state index < -0.39 is 20.0 Å². The number of benzene rings is 1. The summed E-state index contributed by atoms with van der Waals surface area (Å²) in [6, 6.07) is 8.29. The average molecular weight is 248 g/mol. The summed E-state index contributed by atoms with van der Waals surface area (Å²) in [6.07, 6.45) is 1.68. The Morgan fingerprint density at radius 1 is 1.00 bits per heavy atom. The fourth-order valence-corrected chi connectivity index (χ4v) is 4.11. The minimum atomic E-state index is -3.84. The van der Waals surface area contributed by atoms with Crippen molar-refractivity contribution in [1.29, 1.82) is 0 Å². The number of sulfonamides is 2. The van der Waals surface area contributed by atoms with Gasteiger partial charge in [-0.1, -0.05) is 12.1 Å². The molecule has 0 heterocycles. The van der Waals surface area contributed by atoms with E-state index in [1.165, 1.54) is 24.3 Å². The van der Waals surface area contributed by atoms with Crippen LogP contribution in [-0.2, 0) is 20.0 Å². The first-order valence-electron chi connectivity index (χ1n) is 3.89. The largest absolute Gasteiger partial charge is 0.245 e. The Bertz CT molecular complexity index is 501. The molecule has 0 amide bonds. The van der Waals surface area contributed by atoms with Crippen LogP contribution in [0.5, 0.6) is 0 Å². The zero-order chi connectivity index (χ0) is 11.7. The van der Waals surface area contributed by atoms with Crippen LogP contribution in [0.4, 0.5) is 5.69 Å². The molecular weight excluding hydrogens is 238 g/mol. The summed E-state index contributed by atoms with van der Waals surface area (Å²) in [6.45, 7) is 0. The van der Waals surface area contributed by atoms with Gasteiger partial charge in [0.05, 0.1) is 18.2 Å². The van der Waals surface area contributed by atoms with E-state index in [0.29, 0.717) is 3.71 Å². The maximum Gasteiger partial charge on any atom is 0.245 e. The molecule has 1 aromatic rings. The van der Waals surface area contributed by atoms with E-state index in [4.69, 9.17) is 0 Å². The molecule has 0 spiro atoms. The molecule has 0 N–H and O–H groups in total. The summed E-state index contributed by atoms with van der Waals surface area (Å²) in [5.41, 5.74) is 0.0822. The van der Waals surface area contributed by atoms with Gasteiger partial charge in [-0.05, 0) is 18.2 Å². The highest BCUT2D eigenvalue weighted by Crippen LogP contribution is 2.19. The van der Waals surface area contributed by atoms with Gasteiger partial charge in [0.1, 0.15) is 0 Å². The van der Waals surface area contributed by atoms with Crippen LogP contribution in [0.15, 0.2) is 24.3 Å². The Morgan fingerprint density at radius 3 is 1.73 bits per heavy atom. The molecule has 0 aliphatic rings. The summed E-state index contributed by atoms with van der Waals surface area (Å²) in [5.74, 6) is 0. The van der Waals surface area contributed by atoms with Crippen LogP contribution < -0.4 is 3.71 Å². The molecule has 0 saturated heterocycles. The van der Waals surface area contributed by atoms with Crippen LogP contribution in [0.25, 0.3) is 0 Å². The molecule has 0 bridgehead atoms. The van der Waals surface area contributed by atoms with Gasteiger partial charge >= 0.3 is 0 Å². The number of hydrogen-bond acceptors (Lipinski definition) is 4. The summed E-state index contributed by atoms with van der Waals surface area (Å²) >= 11 is 0. The first-order chi connectivity index (χ1) is 6.73. The minimum absolute atomic E-state index is 0.0822. The van der Waals surface area contributed by atoms with Gasteiger partial charge in [-0.25, -0.2) is 16.8 Å². The highest BCUT2D eigenvalue weighted by Gasteiger charge is 2.26. The van der Waals surface area contributed by atoms with Crippen molar-refractivity contribution in [3.05, 3.63) is 30.3 Å². The van der Waals surface area contributed by atoms with Crippen LogP contribution in [0.3, 0.4) is 0 Å². The molecule has 0 atom stereocenters. The van der Waals surface area contributed by atoms with Crippen molar-refractivity contribution in [2.75, 3.05) is 16.2 Å². The van der Waals surface area contributed by atoms with Gasteiger partial charge in [0.15, 0.2) is 0 Å². The van der Waals surface area contributed by atoms with Gasteiger partial charge in [-0.15, -0.1) is 0 Å². The monoisotopic (exact) mass is 248 g/mol. The predicted molar refractivity (Wildman–Crippen MR) is 57.4 cm³/mol. The Morgan fingerprint density at radius 2 is 1.40 bits per heavy atom. The number of nitrogens with zero attached hydrogens (tertiary/aromatic N) is 1. The molecule has 1 rings (SSSR count). The van der Waals surface area contributed by atoms with Crippen molar-refractivity contribution < 1.29 is 16.8 Å². The van der Waals surface area contributed by atoms with E-state index in [-0.39, 0.29) is 5.69 Å². The molecule has 0 aliphatic carbocycles. The van der Waals surface area contributed by atoms with E-state index in [0.717, 1.165) is 12.5 Å². The predicted octanol–water partition coefficient (Wildman–Crippen LogP) is 0.212. The molecule has 83 valence electrons. The van der Waals surface area contributed by atoms with E-state index >= 15 is 0 Å². The standard InChI is InChI=1S/C8H10NO4S2/c1-14(10,11)9(15(2,12)13)8-6-4-3-5-7-8/h4-7H,1-2H3. The SMILES string of the molecule is CS(=O)(=O)N(c1cc[c]cc1)S(C)(=O)=O. The normalized spacial score (nSPS) is 12.4.